The fraction of sp³-hybridized carbons (Fsp3) is 0.172. The predicted molar refractivity (Wildman–Crippen MR) is 150 cm³/mol. The quantitative estimate of drug-likeness (QED) is 0.180. The van der Waals surface area contributed by atoms with Gasteiger partial charge in [0.1, 0.15) is 10.6 Å². The Morgan fingerprint density at radius 2 is 1.64 bits per heavy atom. The highest BCUT2D eigenvalue weighted by atomic mass is 35.5. The van der Waals surface area contributed by atoms with Crippen molar-refractivity contribution in [1.82, 2.24) is 0 Å². The van der Waals surface area contributed by atoms with Crippen LogP contribution in [0, 0.1) is 0 Å². The summed E-state index contributed by atoms with van der Waals surface area (Å²) in [6.45, 7) is 2.32. The molecule has 0 fully saturated rings. The van der Waals surface area contributed by atoms with E-state index in [4.69, 9.17) is 21.1 Å². The van der Waals surface area contributed by atoms with Gasteiger partial charge in [-0.3, -0.25) is 9.59 Å². The van der Waals surface area contributed by atoms with E-state index in [1.165, 1.54) is 37.4 Å². The Morgan fingerprint density at radius 1 is 0.923 bits per heavy atom. The van der Waals surface area contributed by atoms with E-state index < -0.39 is 23.8 Å². The van der Waals surface area contributed by atoms with Gasteiger partial charge < -0.3 is 14.8 Å². The van der Waals surface area contributed by atoms with Crippen LogP contribution < -0.4 is 10.2 Å². The molecule has 0 aromatic heterocycles. The number of carbonyl (C=O) groups is 4. The van der Waals surface area contributed by atoms with Gasteiger partial charge in [-0.25, -0.2) is 14.5 Å². The molecule has 4 rings (SSSR count). The molecule has 200 valence electrons. The van der Waals surface area contributed by atoms with Gasteiger partial charge in [-0.15, -0.1) is 0 Å². The van der Waals surface area contributed by atoms with Crippen LogP contribution in [-0.2, 0) is 19.1 Å². The Bertz CT molecular complexity index is 1440. The third-order valence-corrected chi connectivity index (χ3v) is 7.06. The normalized spacial score (nSPS) is 13.1. The molecular weight excluding hydrogens is 540 g/mol. The lowest BCUT2D eigenvalue weighted by Crippen LogP contribution is -2.32. The van der Waals surface area contributed by atoms with Gasteiger partial charge in [0.05, 0.1) is 30.5 Å². The first-order chi connectivity index (χ1) is 18.8. The van der Waals surface area contributed by atoms with E-state index in [0.717, 1.165) is 29.5 Å². The van der Waals surface area contributed by atoms with Gasteiger partial charge in [-0.2, -0.15) is 0 Å². The highest BCUT2D eigenvalue weighted by molar-refractivity contribution is 8.04. The second kappa shape index (κ2) is 12.6. The van der Waals surface area contributed by atoms with Crippen molar-refractivity contribution in [2.75, 3.05) is 23.9 Å². The van der Waals surface area contributed by atoms with E-state index in [0.29, 0.717) is 33.5 Å². The average molecular weight is 565 g/mol. The molecule has 39 heavy (non-hydrogen) atoms. The molecule has 10 heteroatoms. The molecule has 0 saturated carbocycles. The van der Waals surface area contributed by atoms with Crippen molar-refractivity contribution in [3.63, 3.8) is 0 Å². The van der Waals surface area contributed by atoms with Crippen LogP contribution in [0.25, 0.3) is 0 Å². The number of methoxy groups -OCH3 is 1. The van der Waals surface area contributed by atoms with Gasteiger partial charge in [0.2, 0.25) is 0 Å². The van der Waals surface area contributed by atoms with Crippen molar-refractivity contribution in [3.8, 4) is 0 Å². The molecule has 0 atom stereocenters. The minimum atomic E-state index is -0.585. The number of amides is 2. The lowest BCUT2D eigenvalue weighted by Gasteiger charge is -2.16. The number of imide groups is 1. The maximum atomic E-state index is 13.6. The van der Waals surface area contributed by atoms with Crippen molar-refractivity contribution in [1.29, 1.82) is 0 Å². The van der Waals surface area contributed by atoms with Crippen LogP contribution in [0.3, 0.4) is 0 Å². The van der Waals surface area contributed by atoms with E-state index in [-0.39, 0.29) is 16.2 Å². The zero-order chi connectivity index (χ0) is 27.9. The predicted octanol–water partition coefficient (Wildman–Crippen LogP) is 6.07. The van der Waals surface area contributed by atoms with E-state index in [1.807, 2.05) is 6.92 Å². The summed E-state index contributed by atoms with van der Waals surface area (Å²) in [5.74, 6) is -2.13. The molecule has 0 unspecified atom stereocenters. The lowest BCUT2D eigenvalue weighted by atomic mass is 10.2. The molecule has 1 aliphatic rings. The molecule has 0 radical (unpaired) electrons. The van der Waals surface area contributed by atoms with Crippen LogP contribution in [0.5, 0.6) is 0 Å². The van der Waals surface area contributed by atoms with Crippen LogP contribution >= 0.6 is 23.4 Å². The molecule has 0 saturated heterocycles. The maximum Gasteiger partial charge on any atom is 0.338 e. The summed E-state index contributed by atoms with van der Waals surface area (Å²) in [6, 6.07) is 19.4. The van der Waals surface area contributed by atoms with Crippen molar-refractivity contribution < 1.29 is 28.7 Å². The third kappa shape index (κ3) is 6.50. The molecule has 1 N–H and O–H groups in total. The van der Waals surface area contributed by atoms with Crippen LogP contribution in [0.4, 0.5) is 11.4 Å². The third-order valence-electron chi connectivity index (χ3n) is 5.72. The molecule has 1 heterocycles. The number of hydrogen-bond donors (Lipinski definition) is 1. The van der Waals surface area contributed by atoms with Crippen molar-refractivity contribution in [2.45, 2.75) is 24.7 Å². The number of hydrogen-bond acceptors (Lipinski definition) is 8. The van der Waals surface area contributed by atoms with Crippen LogP contribution in [-0.4, -0.2) is 37.5 Å². The van der Waals surface area contributed by atoms with Gasteiger partial charge in [-0.1, -0.05) is 42.8 Å². The Hall–Kier alpha value is -4.08. The number of benzene rings is 3. The number of halogens is 1. The number of esters is 2. The number of unbranched alkanes of at least 4 members (excludes halogenated alkanes) is 1. The lowest BCUT2D eigenvalue weighted by molar-refractivity contribution is -0.120. The number of thioether (sulfide) groups is 1. The summed E-state index contributed by atoms with van der Waals surface area (Å²) in [6.07, 6.45) is 1.66. The molecule has 1 aliphatic heterocycles. The highest BCUT2D eigenvalue weighted by Crippen LogP contribution is 2.38. The van der Waals surface area contributed by atoms with Crippen LogP contribution in [0.15, 0.2) is 88.3 Å². The van der Waals surface area contributed by atoms with Crippen LogP contribution in [0.2, 0.25) is 5.02 Å². The molecule has 0 aliphatic carbocycles. The van der Waals surface area contributed by atoms with Crippen molar-refractivity contribution in [3.05, 3.63) is 99.5 Å². The topological polar surface area (TPSA) is 102 Å². The number of nitrogens with one attached hydrogen (secondary N) is 1. The Balaban J connectivity index is 1.65. The monoisotopic (exact) mass is 564 g/mol. The van der Waals surface area contributed by atoms with Crippen molar-refractivity contribution in [2.24, 2.45) is 0 Å². The molecular formula is C29H25ClN2O6S. The summed E-state index contributed by atoms with van der Waals surface area (Å²) >= 11 is 7.12. The molecule has 0 spiro atoms. The number of carbonyl (C=O) groups excluding carboxylic acids is 4. The molecule has 8 nitrogen and oxygen atoms in total. The van der Waals surface area contributed by atoms with Gasteiger partial charge in [-0.05, 0) is 73.2 Å². The minimum absolute atomic E-state index is 0.0463. The largest absolute Gasteiger partial charge is 0.465 e. The number of anilines is 2. The summed E-state index contributed by atoms with van der Waals surface area (Å²) in [5, 5.41) is 3.56. The molecule has 3 aromatic rings. The highest BCUT2D eigenvalue weighted by Gasteiger charge is 2.40. The van der Waals surface area contributed by atoms with Gasteiger partial charge in [0.25, 0.3) is 11.8 Å². The van der Waals surface area contributed by atoms with E-state index >= 15 is 0 Å². The second-order valence-corrected chi connectivity index (χ2v) is 9.96. The fourth-order valence-corrected chi connectivity index (χ4v) is 4.75. The first kappa shape index (κ1) is 27.9. The van der Waals surface area contributed by atoms with Gasteiger partial charge in [0.15, 0.2) is 0 Å². The molecule has 3 aromatic carbocycles. The van der Waals surface area contributed by atoms with E-state index in [2.05, 4.69) is 5.32 Å². The summed E-state index contributed by atoms with van der Waals surface area (Å²) in [7, 11) is 1.28. The smallest absolute Gasteiger partial charge is 0.338 e. The molecule has 0 bridgehead atoms. The Morgan fingerprint density at radius 3 is 2.31 bits per heavy atom. The number of rotatable bonds is 10. The fourth-order valence-electron chi connectivity index (χ4n) is 3.69. The van der Waals surface area contributed by atoms with Gasteiger partial charge in [0, 0.05) is 15.6 Å². The SMILES string of the molecule is CCCCOC(=O)c1ccc(N2C(=O)C(Nc3cccc(C(=O)OC)c3)=C(Sc3ccc(Cl)cc3)C2=O)cc1. The first-order valence-corrected chi connectivity index (χ1v) is 13.3. The Kier molecular flexibility index (Phi) is 9.06. The van der Waals surface area contributed by atoms with Crippen molar-refractivity contribution >= 4 is 58.5 Å². The van der Waals surface area contributed by atoms with Gasteiger partial charge >= 0.3 is 11.9 Å². The Labute approximate surface area is 234 Å². The average Bonchev–Trinajstić information content (AvgIpc) is 3.17. The second-order valence-electron chi connectivity index (χ2n) is 8.44. The number of nitrogens with zero attached hydrogens (tertiary/aromatic N) is 1. The first-order valence-electron chi connectivity index (χ1n) is 12.1. The summed E-state index contributed by atoms with van der Waals surface area (Å²) < 4.78 is 10.0. The zero-order valence-electron chi connectivity index (χ0n) is 21.2. The van der Waals surface area contributed by atoms with E-state index in [1.54, 1.807) is 42.5 Å². The molecule has 2 amide bonds. The summed E-state index contributed by atoms with van der Waals surface area (Å²) in [5.41, 5.74) is 1.37. The van der Waals surface area contributed by atoms with Crippen LogP contribution in [0.1, 0.15) is 40.5 Å². The standard InChI is InChI=1S/C29H25ClN2O6S/c1-3-4-16-38-29(36)18-8-12-22(13-9-18)32-26(33)24(31-21-7-5-6-19(17-21)28(35)37-2)25(27(32)34)39-23-14-10-20(30)11-15-23/h5-15,17,31H,3-4,16H2,1-2H3. The minimum Gasteiger partial charge on any atom is -0.465 e. The van der Waals surface area contributed by atoms with E-state index in [9.17, 15) is 19.2 Å². The zero-order valence-corrected chi connectivity index (χ0v) is 22.8. The number of ether oxygens (including phenoxy) is 2. The summed E-state index contributed by atoms with van der Waals surface area (Å²) in [4.78, 5) is 53.4. The maximum absolute atomic E-state index is 13.6.